The highest BCUT2D eigenvalue weighted by atomic mass is 16.6. The molecule has 0 aromatic carbocycles. The van der Waals surface area contributed by atoms with E-state index in [2.05, 4.69) is 10.3 Å². The van der Waals surface area contributed by atoms with Gasteiger partial charge in [0.2, 0.25) is 0 Å². The van der Waals surface area contributed by atoms with Gasteiger partial charge in [0.25, 0.3) is 5.69 Å². The van der Waals surface area contributed by atoms with E-state index in [0.29, 0.717) is 13.0 Å². The van der Waals surface area contributed by atoms with Crippen LogP contribution in [0.2, 0.25) is 0 Å². The Morgan fingerprint density at radius 3 is 3.06 bits per heavy atom. The summed E-state index contributed by atoms with van der Waals surface area (Å²) >= 11 is 0. The molecule has 1 aromatic rings. The Kier molecular flexibility index (Phi) is 3.30. The minimum absolute atomic E-state index is 0.0568. The van der Waals surface area contributed by atoms with Crippen LogP contribution in [0, 0.1) is 10.1 Å². The van der Waals surface area contributed by atoms with Gasteiger partial charge in [-0.1, -0.05) is 0 Å². The lowest BCUT2D eigenvalue weighted by Gasteiger charge is -2.20. The third-order valence-corrected chi connectivity index (χ3v) is 2.72. The number of aliphatic hydroxyl groups is 1. The summed E-state index contributed by atoms with van der Waals surface area (Å²) in [4.78, 5) is 14.0. The molecule has 0 bridgehead atoms. The Labute approximate surface area is 103 Å². The lowest BCUT2D eigenvalue weighted by atomic mass is 10.0. The van der Waals surface area contributed by atoms with Crippen LogP contribution in [-0.4, -0.2) is 40.4 Å². The molecule has 1 saturated heterocycles. The molecule has 1 aliphatic rings. The summed E-state index contributed by atoms with van der Waals surface area (Å²) in [6.45, 7) is 0.952. The second kappa shape index (κ2) is 4.75. The number of nitrogen functional groups attached to an aromatic ring is 1. The average Bonchev–Trinajstić information content (AvgIpc) is 2.73. The van der Waals surface area contributed by atoms with Crippen molar-refractivity contribution >= 4 is 17.3 Å². The molecule has 1 fully saturated rings. The number of nitrogens with zero attached hydrogens (tertiary/aromatic N) is 2. The summed E-state index contributed by atoms with van der Waals surface area (Å²) in [6, 6.07) is 2.45. The van der Waals surface area contributed by atoms with Crippen LogP contribution < -0.4 is 11.1 Å². The van der Waals surface area contributed by atoms with E-state index in [9.17, 15) is 15.2 Å². The van der Waals surface area contributed by atoms with Crippen molar-refractivity contribution in [3.63, 3.8) is 0 Å². The summed E-state index contributed by atoms with van der Waals surface area (Å²) in [7, 11) is 0. The van der Waals surface area contributed by atoms with Crippen LogP contribution in [0.15, 0.2) is 12.1 Å². The monoisotopic (exact) mass is 254 g/mol. The van der Waals surface area contributed by atoms with Crippen molar-refractivity contribution in [1.82, 2.24) is 4.98 Å². The summed E-state index contributed by atoms with van der Waals surface area (Å²) in [5.74, 6) is 0.323. The number of pyridine rings is 1. The second-order valence-corrected chi connectivity index (χ2v) is 4.27. The van der Waals surface area contributed by atoms with Crippen molar-refractivity contribution in [1.29, 1.82) is 0 Å². The smallest absolute Gasteiger partial charge is 0.276 e. The Morgan fingerprint density at radius 1 is 1.67 bits per heavy atom. The molecule has 4 N–H and O–H groups in total. The van der Waals surface area contributed by atoms with Crippen LogP contribution in [0.3, 0.4) is 0 Å². The molecule has 1 aliphatic heterocycles. The first-order valence-electron chi connectivity index (χ1n) is 5.44. The molecule has 0 saturated carbocycles. The fourth-order valence-electron chi connectivity index (χ4n) is 1.72. The third-order valence-electron chi connectivity index (χ3n) is 2.72. The van der Waals surface area contributed by atoms with Gasteiger partial charge in [-0.2, -0.15) is 0 Å². The lowest BCUT2D eigenvalue weighted by Crippen LogP contribution is -2.37. The lowest BCUT2D eigenvalue weighted by molar-refractivity contribution is -0.384. The van der Waals surface area contributed by atoms with Gasteiger partial charge in [-0.3, -0.25) is 10.1 Å². The summed E-state index contributed by atoms with van der Waals surface area (Å²) in [5, 5.41) is 23.5. The summed E-state index contributed by atoms with van der Waals surface area (Å²) in [6.07, 6.45) is 0.518. The SMILES string of the molecule is Nc1cc([N+](=O)[O-])cc(NCC2(O)CCOC2)n1. The molecule has 1 unspecified atom stereocenters. The number of nitrogens with one attached hydrogen (secondary N) is 1. The molecule has 98 valence electrons. The molecular formula is C10H14N4O4. The minimum Gasteiger partial charge on any atom is -0.386 e. The van der Waals surface area contributed by atoms with Gasteiger partial charge in [-0.25, -0.2) is 4.98 Å². The highest BCUT2D eigenvalue weighted by Gasteiger charge is 2.32. The average molecular weight is 254 g/mol. The number of ether oxygens (including phenoxy) is 1. The number of anilines is 2. The Balaban J connectivity index is 2.07. The molecule has 8 nitrogen and oxygen atoms in total. The molecule has 2 heterocycles. The summed E-state index contributed by atoms with van der Waals surface area (Å²) < 4.78 is 5.09. The molecule has 18 heavy (non-hydrogen) atoms. The van der Waals surface area contributed by atoms with Crippen molar-refractivity contribution in [3.05, 3.63) is 22.2 Å². The van der Waals surface area contributed by atoms with E-state index < -0.39 is 10.5 Å². The minimum atomic E-state index is -0.957. The standard InChI is InChI=1S/C10H14N4O4/c11-8-3-7(14(16)17)4-9(13-8)12-5-10(15)1-2-18-6-10/h3-4,15H,1-2,5-6H2,(H3,11,12,13). The van der Waals surface area contributed by atoms with Crippen molar-refractivity contribution in [2.24, 2.45) is 0 Å². The van der Waals surface area contributed by atoms with Gasteiger partial charge in [0, 0.05) is 19.6 Å². The van der Waals surface area contributed by atoms with Crippen molar-refractivity contribution in [2.45, 2.75) is 12.0 Å². The number of aromatic nitrogens is 1. The van der Waals surface area contributed by atoms with Gasteiger partial charge in [0.15, 0.2) is 0 Å². The molecular weight excluding hydrogens is 240 g/mol. The van der Waals surface area contributed by atoms with E-state index in [1.54, 1.807) is 0 Å². The second-order valence-electron chi connectivity index (χ2n) is 4.27. The molecule has 0 aliphatic carbocycles. The van der Waals surface area contributed by atoms with Gasteiger partial charge < -0.3 is 20.9 Å². The van der Waals surface area contributed by atoms with Gasteiger partial charge in [0.1, 0.15) is 17.2 Å². The first-order chi connectivity index (χ1) is 8.48. The van der Waals surface area contributed by atoms with Crippen molar-refractivity contribution in [2.75, 3.05) is 30.8 Å². The highest BCUT2D eigenvalue weighted by molar-refractivity contribution is 5.52. The zero-order chi connectivity index (χ0) is 13.2. The summed E-state index contributed by atoms with van der Waals surface area (Å²) in [5.41, 5.74) is 4.37. The van der Waals surface area contributed by atoms with E-state index in [0.717, 1.165) is 0 Å². The molecule has 1 aromatic heterocycles. The van der Waals surface area contributed by atoms with Gasteiger partial charge in [-0.15, -0.1) is 0 Å². The number of nitro groups is 1. The van der Waals surface area contributed by atoms with E-state index >= 15 is 0 Å². The maximum absolute atomic E-state index is 10.7. The Morgan fingerprint density at radius 2 is 2.44 bits per heavy atom. The van der Waals surface area contributed by atoms with Gasteiger partial charge in [-0.05, 0) is 0 Å². The molecule has 8 heteroatoms. The number of nitrogens with two attached hydrogens (primary N) is 1. The predicted octanol–water partition coefficient (Wildman–Crippen LogP) is 0.135. The van der Waals surface area contributed by atoms with Crippen molar-refractivity contribution in [3.8, 4) is 0 Å². The highest BCUT2D eigenvalue weighted by Crippen LogP contribution is 2.22. The molecule has 0 spiro atoms. The van der Waals surface area contributed by atoms with Gasteiger partial charge in [0.05, 0.1) is 23.7 Å². The first-order valence-corrected chi connectivity index (χ1v) is 5.44. The van der Waals surface area contributed by atoms with Crippen LogP contribution in [0.25, 0.3) is 0 Å². The third kappa shape index (κ3) is 2.84. The number of hydrogen-bond donors (Lipinski definition) is 3. The predicted molar refractivity (Wildman–Crippen MR) is 64.2 cm³/mol. The van der Waals surface area contributed by atoms with Gasteiger partial charge >= 0.3 is 0 Å². The quantitative estimate of drug-likeness (QED) is 0.515. The van der Waals surface area contributed by atoms with Crippen LogP contribution >= 0.6 is 0 Å². The topological polar surface area (TPSA) is 124 Å². The Bertz CT molecular complexity index is 459. The number of rotatable bonds is 4. The zero-order valence-corrected chi connectivity index (χ0v) is 9.63. The maximum atomic E-state index is 10.7. The van der Waals surface area contributed by atoms with E-state index in [-0.39, 0.29) is 30.5 Å². The molecule has 1 atom stereocenters. The fraction of sp³-hybridized carbons (Fsp3) is 0.500. The van der Waals surface area contributed by atoms with E-state index in [1.807, 2.05) is 0 Å². The first kappa shape index (κ1) is 12.5. The molecule has 0 amide bonds. The normalized spacial score (nSPS) is 22.9. The maximum Gasteiger partial charge on any atom is 0.276 e. The van der Waals surface area contributed by atoms with Crippen molar-refractivity contribution < 1.29 is 14.8 Å². The Hall–Kier alpha value is -1.93. The van der Waals surface area contributed by atoms with Crippen LogP contribution in [0.4, 0.5) is 17.3 Å². The van der Waals surface area contributed by atoms with Crippen LogP contribution in [-0.2, 0) is 4.74 Å². The van der Waals surface area contributed by atoms with E-state index in [4.69, 9.17) is 10.5 Å². The number of hydrogen-bond acceptors (Lipinski definition) is 7. The van der Waals surface area contributed by atoms with E-state index in [1.165, 1.54) is 12.1 Å². The largest absolute Gasteiger partial charge is 0.386 e. The zero-order valence-electron chi connectivity index (χ0n) is 9.63. The molecule has 2 rings (SSSR count). The fourth-order valence-corrected chi connectivity index (χ4v) is 1.72. The molecule has 0 radical (unpaired) electrons. The van der Waals surface area contributed by atoms with Crippen LogP contribution in [0.5, 0.6) is 0 Å². The van der Waals surface area contributed by atoms with Crippen LogP contribution in [0.1, 0.15) is 6.42 Å².